The van der Waals surface area contributed by atoms with Gasteiger partial charge in [-0.25, -0.2) is 0 Å². The van der Waals surface area contributed by atoms with Crippen LogP contribution in [0.1, 0.15) is 159 Å². The zero-order valence-corrected chi connectivity index (χ0v) is 47.6. The molecule has 4 aromatic carbocycles. The SMILES string of the molecule is CC(=O)OC1(C)CCOC(c2ccccc2CO)C1.COc1cc(OC)cc(C2CC(C)(OC(C)=O)CCO2)c1.COc1ccc(C2CC(C)(OC(C)=O)CCO2)cc1.COc1cccc(C2CC(C)(OC(C)=O)CCO2)c1. The van der Waals surface area contributed by atoms with Crippen molar-refractivity contribution in [2.24, 2.45) is 0 Å². The summed E-state index contributed by atoms with van der Waals surface area (Å²) < 4.78 is 65.9. The molecule has 4 saturated heterocycles. The number of carbonyl (C=O) groups excluding carboxylic acids is 4. The largest absolute Gasteiger partial charge is 0.497 e. The van der Waals surface area contributed by atoms with Gasteiger partial charge in [-0.2, -0.15) is 0 Å². The first kappa shape index (κ1) is 62.6. The van der Waals surface area contributed by atoms with Crippen molar-refractivity contribution in [2.45, 2.75) is 160 Å². The van der Waals surface area contributed by atoms with E-state index in [0.29, 0.717) is 76.5 Å². The van der Waals surface area contributed by atoms with Crippen LogP contribution in [-0.4, -0.2) is 106 Å². The van der Waals surface area contributed by atoms with Crippen molar-refractivity contribution < 1.29 is 81.1 Å². The molecule has 0 amide bonds. The van der Waals surface area contributed by atoms with Crippen LogP contribution in [0.2, 0.25) is 0 Å². The quantitative estimate of drug-likeness (QED) is 0.0978. The normalized spacial score (nSPS) is 26.4. The van der Waals surface area contributed by atoms with Crippen LogP contribution in [0.25, 0.3) is 0 Å². The van der Waals surface area contributed by atoms with Gasteiger partial charge in [-0.15, -0.1) is 0 Å². The molecule has 0 spiro atoms. The number of hydrogen-bond acceptors (Lipinski definition) is 17. The number of benzene rings is 4. The van der Waals surface area contributed by atoms with E-state index < -0.39 is 22.4 Å². The van der Waals surface area contributed by atoms with Gasteiger partial charge in [-0.1, -0.05) is 48.5 Å². The number of hydrogen-bond donors (Lipinski definition) is 1. The van der Waals surface area contributed by atoms with Gasteiger partial charge >= 0.3 is 23.9 Å². The summed E-state index contributed by atoms with van der Waals surface area (Å²) in [5, 5.41) is 9.38. The van der Waals surface area contributed by atoms with Gasteiger partial charge in [0.25, 0.3) is 0 Å². The van der Waals surface area contributed by atoms with Gasteiger partial charge in [0.05, 0.1) is 85.9 Å². The van der Waals surface area contributed by atoms with Gasteiger partial charge in [-0.3, -0.25) is 19.2 Å². The molecule has 0 radical (unpaired) electrons. The maximum atomic E-state index is 11.3. The number of ether oxygens (including phenoxy) is 12. The second kappa shape index (κ2) is 29.1. The lowest BCUT2D eigenvalue weighted by atomic mass is 9.87. The van der Waals surface area contributed by atoms with Crippen molar-refractivity contribution in [1.82, 2.24) is 0 Å². The third-order valence-corrected chi connectivity index (χ3v) is 14.1. The lowest BCUT2D eigenvalue weighted by Gasteiger charge is -2.38. The summed E-state index contributed by atoms with van der Waals surface area (Å²) in [5.74, 6) is 2.05. The number of esters is 4. The Bertz CT molecular complexity index is 2550. The van der Waals surface area contributed by atoms with E-state index in [9.17, 15) is 24.3 Å². The van der Waals surface area contributed by atoms with E-state index in [0.717, 1.165) is 52.2 Å². The van der Waals surface area contributed by atoms with Gasteiger partial charge in [-0.05, 0) is 91.9 Å². The fourth-order valence-electron chi connectivity index (χ4n) is 10.1. The Balaban J connectivity index is 0.000000192. The topological polar surface area (TPSA) is 199 Å². The highest BCUT2D eigenvalue weighted by Crippen LogP contribution is 2.42. The summed E-state index contributed by atoms with van der Waals surface area (Å²) >= 11 is 0. The Morgan fingerprint density at radius 1 is 0.436 bits per heavy atom. The monoisotopic (exact) mass is 1090 g/mol. The minimum atomic E-state index is -0.495. The second-order valence-electron chi connectivity index (χ2n) is 21.0. The van der Waals surface area contributed by atoms with Gasteiger partial charge in [0.15, 0.2) is 0 Å². The molecule has 4 heterocycles. The zero-order valence-electron chi connectivity index (χ0n) is 47.6. The average Bonchev–Trinajstić information content (AvgIpc) is 3.40. The van der Waals surface area contributed by atoms with E-state index in [1.807, 2.05) is 119 Å². The predicted molar refractivity (Wildman–Crippen MR) is 290 cm³/mol. The molecule has 4 aliphatic heterocycles. The molecule has 17 heteroatoms. The van der Waals surface area contributed by atoms with Gasteiger partial charge in [0, 0.05) is 85.1 Å². The molecule has 8 unspecified atom stereocenters. The van der Waals surface area contributed by atoms with E-state index >= 15 is 0 Å². The first-order valence-corrected chi connectivity index (χ1v) is 26.5. The number of aliphatic hydroxyl groups is 1. The Morgan fingerprint density at radius 3 is 1.22 bits per heavy atom. The van der Waals surface area contributed by atoms with Gasteiger partial charge in [0.1, 0.15) is 45.4 Å². The molecule has 4 aromatic rings. The molecular formula is C61H82O17. The predicted octanol–water partition coefficient (Wildman–Crippen LogP) is 11.0. The summed E-state index contributed by atoms with van der Waals surface area (Å²) in [7, 11) is 6.51. The Morgan fingerprint density at radius 2 is 0.808 bits per heavy atom. The number of methoxy groups -OCH3 is 4. The van der Waals surface area contributed by atoms with E-state index in [4.69, 9.17) is 56.8 Å². The van der Waals surface area contributed by atoms with Crippen LogP contribution in [0.5, 0.6) is 23.0 Å². The van der Waals surface area contributed by atoms with Crippen molar-refractivity contribution in [2.75, 3.05) is 54.9 Å². The fraction of sp³-hybridized carbons (Fsp3) is 0.541. The number of aliphatic hydroxyl groups excluding tert-OH is 1. The number of rotatable bonds is 13. The van der Waals surface area contributed by atoms with Crippen molar-refractivity contribution in [1.29, 1.82) is 0 Å². The molecule has 0 bridgehead atoms. The lowest BCUT2D eigenvalue weighted by Crippen LogP contribution is -2.38. The Labute approximate surface area is 460 Å². The van der Waals surface area contributed by atoms with Crippen molar-refractivity contribution in [3.05, 3.63) is 119 Å². The zero-order chi connectivity index (χ0) is 57.1. The van der Waals surface area contributed by atoms with Crippen LogP contribution in [0.15, 0.2) is 91.0 Å². The van der Waals surface area contributed by atoms with E-state index in [2.05, 4.69) is 0 Å². The maximum Gasteiger partial charge on any atom is 0.303 e. The van der Waals surface area contributed by atoms with Crippen LogP contribution in [0.3, 0.4) is 0 Å². The number of carbonyl (C=O) groups is 4. The van der Waals surface area contributed by atoms with Crippen LogP contribution in [0, 0.1) is 0 Å². The highest BCUT2D eigenvalue weighted by atomic mass is 16.6. The molecule has 17 nitrogen and oxygen atoms in total. The molecule has 1 N–H and O–H groups in total. The molecule has 4 aliphatic rings. The minimum Gasteiger partial charge on any atom is -0.497 e. The molecular weight excluding hydrogens is 1000 g/mol. The van der Waals surface area contributed by atoms with Crippen LogP contribution >= 0.6 is 0 Å². The highest BCUT2D eigenvalue weighted by Gasteiger charge is 2.40. The first-order chi connectivity index (χ1) is 37.0. The van der Waals surface area contributed by atoms with Gasteiger partial charge < -0.3 is 61.9 Å². The molecule has 428 valence electrons. The molecule has 4 fully saturated rings. The minimum absolute atomic E-state index is 0.0136. The van der Waals surface area contributed by atoms with Gasteiger partial charge in [0.2, 0.25) is 0 Å². The third kappa shape index (κ3) is 19.3. The summed E-state index contributed by atoms with van der Waals surface area (Å²) in [6.07, 6.45) is 5.05. The smallest absolute Gasteiger partial charge is 0.303 e. The maximum absolute atomic E-state index is 11.3. The fourth-order valence-corrected chi connectivity index (χ4v) is 10.1. The van der Waals surface area contributed by atoms with E-state index in [1.54, 1.807) is 28.4 Å². The van der Waals surface area contributed by atoms with Crippen molar-refractivity contribution in [3.63, 3.8) is 0 Å². The van der Waals surface area contributed by atoms with Crippen LogP contribution in [0.4, 0.5) is 0 Å². The van der Waals surface area contributed by atoms with E-state index in [-0.39, 0.29) is 54.9 Å². The standard InChI is InChI=1S/C16H22O5.3C15H20O4/c1-11(17)21-16(2)5-6-20-15(10-16)12-7-13(18-3)9-14(8-12)19-4;1-11(16)19-15(2)8-9-18-14(10-15)12-4-6-13(17-3)7-5-12;1-11(16)19-15(2)7-8-18-14(10-15)12-5-4-6-13(9-12)17-3;1-11(17)19-15(2)7-8-18-14(9-15)13-6-4-3-5-12(13)10-16/h7-9,15H,5-6,10H2,1-4H3;4-7,14H,8-10H2,1-3H3;4-6,9,14H,7-8,10H2,1-3H3;3-6,14,16H,7-10H2,1-2H3. The second-order valence-corrected chi connectivity index (χ2v) is 21.0. The first-order valence-electron chi connectivity index (χ1n) is 26.5. The third-order valence-electron chi connectivity index (χ3n) is 14.1. The molecule has 8 atom stereocenters. The Hall–Kier alpha value is -6.24. The molecule has 0 aromatic heterocycles. The highest BCUT2D eigenvalue weighted by molar-refractivity contribution is 5.67. The van der Waals surface area contributed by atoms with Crippen molar-refractivity contribution >= 4 is 23.9 Å². The summed E-state index contributed by atoms with van der Waals surface area (Å²) in [4.78, 5) is 44.8. The molecule has 78 heavy (non-hydrogen) atoms. The molecule has 0 saturated carbocycles. The lowest BCUT2D eigenvalue weighted by molar-refractivity contribution is -0.171. The summed E-state index contributed by atoms with van der Waals surface area (Å²) in [6, 6.07) is 28.9. The molecule has 0 aliphatic carbocycles. The summed E-state index contributed by atoms with van der Waals surface area (Å²) in [6.45, 7) is 15.8. The van der Waals surface area contributed by atoms with Crippen LogP contribution < -0.4 is 18.9 Å². The van der Waals surface area contributed by atoms with Crippen molar-refractivity contribution in [3.8, 4) is 23.0 Å². The molecule has 8 rings (SSSR count). The average molecular weight is 1090 g/mol. The Kier molecular flexibility index (Phi) is 23.4. The van der Waals surface area contributed by atoms with Crippen LogP contribution in [-0.2, 0) is 63.7 Å². The summed E-state index contributed by atoms with van der Waals surface area (Å²) in [5.41, 5.74) is 3.07. The van der Waals surface area contributed by atoms with E-state index in [1.165, 1.54) is 27.7 Å².